The SMILES string of the molecule is C=C(/C=C(\N=C(C)n1c2ccccc2c2cc3c(cc21)c1ccccc1n3-c1cccc(-c2cc(-c3cccc(-n4c5ccccc5c5cc6c(cc54)c4ccccc4n6-c4nc(-c5ccccc5)nc(-c5ccccc5)n4)c3)cc(-n3c4ccccc4c4ccccc43)c2)c1)c1ccccc1)c1ccccc1. The van der Waals surface area contributed by atoms with Crippen LogP contribution in [0, 0.1) is 0 Å². The summed E-state index contributed by atoms with van der Waals surface area (Å²) in [4.78, 5) is 21.2. The molecule has 0 bridgehead atoms. The molecule has 21 rings (SSSR count). The fourth-order valence-electron chi connectivity index (χ4n) is 16.7. The average molecular weight is 1380 g/mol. The van der Waals surface area contributed by atoms with E-state index in [0.29, 0.717) is 17.6 Å². The van der Waals surface area contributed by atoms with Crippen LogP contribution in [0.3, 0.4) is 0 Å². The molecule has 6 aromatic heterocycles. The van der Waals surface area contributed by atoms with Crippen molar-refractivity contribution in [1.82, 2.24) is 37.8 Å². The van der Waals surface area contributed by atoms with E-state index in [1.54, 1.807) is 0 Å². The number of benzene rings is 15. The van der Waals surface area contributed by atoms with Gasteiger partial charge in [-0.25, -0.2) is 9.98 Å². The van der Waals surface area contributed by atoms with Gasteiger partial charge in [-0.2, -0.15) is 9.97 Å². The number of hydrogen-bond donors (Lipinski definition) is 0. The van der Waals surface area contributed by atoms with Crippen molar-refractivity contribution in [3.8, 4) is 68.0 Å². The first-order valence-electron chi connectivity index (χ1n) is 36.6. The topological polar surface area (TPSA) is 75.7 Å². The summed E-state index contributed by atoms with van der Waals surface area (Å²) < 4.78 is 11.9. The van der Waals surface area contributed by atoms with Crippen molar-refractivity contribution in [2.45, 2.75) is 6.92 Å². The minimum absolute atomic E-state index is 0.555. The maximum absolute atomic E-state index is 5.51. The van der Waals surface area contributed by atoms with Crippen LogP contribution in [-0.2, 0) is 0 Å². The van der Waals surface area contributed by atoms with Crippen molar-refractivity contribution >= 4 is 126 Å². The number of nitrogens with zero attached hydrogens (tertiary/aromatic N) is 9. The first-order chi connectivity index (χ1) is 53.4. The van der Waals surface area contributed by atoms with Gasteiger partial charge in [0.2, 0.25) is 5.95 Å². The number of rotatable bonds is 12. The lowest BCUT2D eigenvalue weighted by Gasteiger charge is -2.16. The van der Waals surface area contributed by atoms with E-state index < -0.39 is 0 Å². The third kappa shape index (κ3) is 10.2. The third-order valence-corrected chi connectivity index (χ3v) is 21.6. The molecule has 0 N–H and O–H groups in total. The minimum atomic E-state index is 0.555. The van der Waals surface area contributed by atoms with Crippen LogP contribution in [0.2, 0.25) is 0 Å². The largest absolute Gasteiger partial charge is 0.309 e. The van der Waals surface area contributed by atoms with Crippen LogP contribution in [0.1, 0.15) is 18.1 Å². The van der Waals surface area contributed by atoms with E-state index in [1.165, 1.54) is 16.2 Å². The molecule has 0 amide bonds. The second-order valence-corrected chi connectivity index (χ2v) is 27.9. The van der Waals surface area contributed by atoms with Gasteiger partial charge < -0.3 is 13.7 Å². The Labute approximate surface area is 621 Å². The molecule has 6 heterocycles. The molecule has 0 aliphatic carbocycles. The van der Waals surface area contributed by atoms with Gasteiger partial charge in [0.05, 0.1) is 60.9 Å². The van der Waals surface area contributed by atoms with Crippen LogP contribution in [0.15, 0.2) is 376 Å². The van der Waals surface area contributed by atoms with Gasteiger partial charge in [0.1, 0.15) is 5.84 Å². The Kier molecular flexibility index (Phi) is 14.4. The molecule has 108 heavy (non-hydrogen) atoms. The number of para-hydroxylation sites is 6. The Morgan fingerprint density at radius 2 is 0.602 bits per heavy atom. The van der Waals surface area contributed by atoms with Gasteiger partial charge in [-0.15, -0.1) is 0 Å². The Morgan fingerprint density at radius 3 is 1.06 bits per heavy atom. The van der Waals surface area contributed by atoms with Gasteiger partial charge in [0.15, 0.2) is 11.6 Å². The summed E-state index contributed by atoms with van der Waals surface area (Å²) in [6.07, 6.45) is 2.11. The predicted molar refractivity (Wildman–Crippen MR) is 450 cm³/mol. The summed E-state index contributed by atoms with van der Waals surface area (Å²) in [6, 6.07) is 129. The number of aliphatic imine (C=N–C) groups is 1. The maximum atomic E-state index is 5.51. The van der Waals surface area contributed by atoms with Crippen LogP contribution in [-0.4, -0.2) is 43.6 Å². The number of allylic oxidation sites excluding steroid dienone is 2. The summed E-state index contributed by atoms with van der Waals surface area (Å²) >= 11 is 0. The highest BCUT2D eigenvalue weighted by atomic mass is 15.2. The average Bonchev–Trinajstić information content (AvgIpc) is 1.56. The van der Waals surface area contributed by atoms with E-state index in [9.17, 15) is 0 Å². The van der Waals surface area contributed by atoms with E-state index in [0.717, 1.165) is 172 Å². The van der Waals surface area contributed by atoms with Crippen molar-refractivity contribution in [3.63, 3.8) is 0 Å². The zero-order chi connectivity index (χ0) is 71.5. The van der Waals surface area contributed by atoms with Crippen LogP contribution < -0.4 is 0 Å². The lowest BCUT2D eigenvalue weighted by Crippen LogP contribution is -2.07. The molecule has 0 radical (unpaired) electrons. The summed E-state index contributed by atoms with van der Waals surface area (Å²) in [7, 11) is 0. The van der Waals surface area contributed by atoms with Gasteiger partial charge in [0, 0.05) is 87.6 Å². The number of fused-ring (bicyclic) bond motifs is 15. The summed E-state index contributed by atoms with van der Waals surface area (Å²) in [5.74, 6) is 2.63. The van der Waals surface area contributed by atoms with Crippen molar-refractivity contribution in [3.05, 3.63) is 382 Å². The van der Waals surface area contributed by atoms with E-state index in [2.05, 4.69) is 352 Å². The summed E-state index contributed by atoms with van der Waals surface area (Å²) in [5.41, 5.74) is 24.1. The monoisotopic (exact) mass is 1380 g/mol. The number of hydrogen-bond acceptors (Lipinski definition) is 4. The van der Waals surface area contributed by atoms with E-state index in [4.69, 9.17) is 19.9 Å². The molecule has 0 aliphatic rings. The van der Waals surface area contributed by atoms with Crippen LogP contribution in [0.5, 0.6) is 0 Å². The van der Waals surface area contributed by atoms with E-state index >= 15 is 0 Å². The Morgan fingerprint density at radius 1 is 0.269 bits per heavy atom. The highest BCUT2D eigenvalue weighted by Gasteiger charge is 2.25. The zero-order valence-electron chi connectivity index (χ0n) is 58.9. The Balaban J connectivity index is 0.727. The maximum Gasteiger partial charge on any atom is 0.238 e. The molecule has 0 aliphatic heterocycles. The molecule has 0 spiro atoms. The molecule has 21 aromatic rings. The lowest BCUT2D eigenvalue weighted by atomic mass is 9.97. The first-order valence-corrected chi connectivity index (χ1v) is 36.6. The molecule has 9 heteroatoms. The molecule has 0 saturated carbocycles. The predicted octanol–water partition coefficient (Wildman–Crippen LogP) is 25.1. The molecular formula is C99H65N9. The number of aromatic nitrogens is 8. The normalized spacial score (nSPS) is 12.3. The lowest BCUT2D eigenvalue weighted by molar-refractivity contribution is 0.954. The smallest absolute Gasteiger partial charge is 0.238 e. The fourth-order valence-corrected chi connectivity index (χ4v) is 16.7. The molecular weight excluding hydrogens is 1320 g/mol. The van der Waals surface area contributed by atoms with Crippen molar-refractivity contribution in [1.29, 1.82) is 0 Å². The quantitative estimate of drug-likeness (QED) is 0.0695. The second kappa shape index (κ2) is 25.1. The van der Waals surface area contributed by atoms with E-state index in [1.807, 2.05) is 48.5 Å². The van der Waals surface area contributed by atoms with Gasteiger partial charge in [-0.05, 0) is 150 Å². The van der Waals surface area contributed by atoms with Crippen molar-refractivity contribution in [2.75, 3.05) is 0 Å². The van der Waals surface area contributed by atoms with Gasteiger partial charge in [-0.1, -0.05) is 261 Å². The highest BCUT2D eigenvalue weighted by molar-refractivity contribution is 6.22. The molecule has 506 valence electrons. The summed E-state index contributed by atoms with van der Waals surface area (Å²) in [6.45, 7) is 6.64. The van der Waals surface area contributed by atoms with Crippen molar-refractivity contribution < 1.29 is 0 Å². The Bertz CT molecular complexity index is 7200. The molecule has 0 unspecified atom stereocenters. The first kappa shape index (κ1) is 62.1. The van der Waals surface area contributed by atoms with Gasteiger partial charge in [-0.3, -0.25) is 9.13 Å². The van der Waals surface area contributed by atoms with Gasteiger partial charge >= 0.3 is 0 Å². The Hall–Kier alpha value is -14.5. The molecule has 0 fully saturated rings. The molecule has 0 atom stereocenters. The summed E-state index contributed by atoms with van der Waals surface area (Å²) in [5, 5.41) is 11.5. The minimum Gasteiger partial charge on any atom is -0.309 e. The molecule has 9 nitrogen and oxygen atoms in total. The van der Waals surface area contributed by atoms with Crippen LogP contribution in [0.4, 0.5) is 0 Å². The van der Waals surface area contributed by atoms with Crippen LogP contribution >= 0.6 is 0 Å². The zero-order valence-corrected chi connectivity index (χ0v) is 58.9. The molecule has 15 aromatic carbocycles. The third-order valence-electron chi connectivity index (χ3n) is 21.6. The highest BCUT2D eigenvalue weighted by Crippen LogP contribution is 2.44. The second-order valence-electron chi connectivity index (χ2n) is 27.9. The molecule has 0 saturated heterocycles. The van der Waals surface area contributed by atoms with E-state index in [-0.39, 0.29) is 0 Å². The van der Waals surface area contributed by atoms with Crippen molar-refractivity contribution in [2.24, 2.45) is 4.99 Å². The van der Waals surface area contributed by atoms with Crippen LogP contribution in [0.25, 0.3) is 188 Å². The van der Waals surface area contributed by atoms with Gasteiger partial charge in [0.25, 0.3) is 0 Å². The fraction of sp³-hybridized carbons (Fsp3) is 0.0101. The standard InChI is InChI=1S/C99H65N9/c1-63(65-29-7-3-8-30-65)53-86(66-31-9-4-10-32-66)100-64(2)104-87-47-21-17-43-78(87)82-60-94-83(59-93(82)104)79-44-18-24-50-90(79)105(94)73-39-27-37-69(55-73)71-54-72(58-75(57-71)107-88-48-22-15-41-76(88)77-42-16-23-49-89(77)107)70-38-28-40-74(56-70)106-91-51-25-19-45-80(91)84-62-96-85(61-95(84)106)81-46-20-26-52-92(81)108(96)99-102-97(67-33-11-5-12-34-67)101-98(103-99)68-35-13-6-14-36-68/h3-62H,1H2,2H3/b86-53-,100-64?.